The fourth-order valence-electron chi connectivity index (χ4n) is 2.78. The van der Waals surface area contributed by atoms with Crippen LogP contribution in [0.3, 0.4) is 0 Å². The first-order valence-corrected chi connectivity index (χ1v) is 10.4. The molecule has 1 amide bonds. The number of carbonyl (C=O) groups is 1. The third-order valence-corrected chi connectivity index (χ3v) is 6.36. The van der Waals surface area contributed by atoms with E-state index in [-0.39, 0.29) is 10.8 Å². The zero-order valence-corrected chi connectivity index (χ0v) is 16.8. The van der Waals surface area contributed by atoms with Crippen molar-refractivity contribution in [2.45, 2.75) is 11.4 Å². The van der Waals surface area contributed by atoms with Gasteiger partial charge in [0, 0.05) is 45.5 Å². The normalized spacial score (nSPS) is 15.2. The summed E-state index contributed by atoms with van der Waals surface area (Å²) in [4.78, 5) is 18.7. The molecule has 0 atom stereocenters. The van der Waals surface area contributed by atoms with Gasteiger partial charge in [-0.3, -0.25) is 4.79 Å². The number of hydrogen-bond donors (Lipinski definition) is 1. The number of pyridine rings is 1. The Balaban J connectivity index is 1.61. The van der Waals surface area contributed by atoms with Gasteiger partial charge in [-0.25, -0.2) is 13.4 Å². The van der Waals surface area contributed by atoms with Gasteiger partial charge in [-0.05, 0) is 35.9 Å². The van der Waals surface area contributed by atoms with Gasteiger partial charge in [0.2, 0.25) is 10.0 Å². The van der Waals surface area contributed by atoms with Gasteiger partial charge in [-0.1, -0.05) is 6.07 Å². The topological polar surface area (TPSA) is 91.8 Å². The number of aromatic nitrogens is 1. The molecular weight excluding hydrogens is 380 g/mol. The van der Waals surface area contributed by atoms with Crippen LogP contribution in [0.15, 0.2) is 47.5 Å². The maximum atomic E-state index is 12.6. The van der Waals surface area contributed by atoms with Crippen molar-refractivity contribution in [3.8, 4) is 0 Å². The maximum absolute atomic E-state index is 12.6. The molecule has 1 saturated heterocycles. The lowest BCUT2D eigenvalue weighted by molar-refractivity contribution is 0.0730. The van der Waals surface area contributed by atoms with Gasteiger partial charge in [0.05, 0.1) is 18.1 Å². The van der Waals surface area contributed by atoms with Crippen LogP contribution in [0.1, 0.15) is 15.9 Å². The highest BCUT2D eigenvalue weighted by molar-refractivity contribution is 7.89. The van der Waals surface area contributed by atoms with Crippen LogP contribution in [0.5, 0.6) is 0 Å². The summed E-state index contributed by atoms with van der Waals surface area (Å²) in [6, 6.07) is 9.76. The zero-order chi connectivity index (χ0) is 20.1. The number of amides is 1. The molecular formula is C19H24N4O4S. The van der Waals surface area contributed by atoms with E-state index >= 15 is 0 Å². The summed E-state index contributed by atoms with van der Waals surface area (Å²) in [5.74, 6) is 0.569. The van der Waals surface area contributed by atoms with E-state index < -0.39 is 10.0 Å². The summed E-state index contributed by atoms with van der Waals surface area (Å²) in [5.41, 5.74) is 1.28. The Morgan fingerprint density at radius 1 is 1.14 bits per heavy atom. The van der Waals surface area contributed by atoms with Crippen LogP contribution < -0.4 is 10.2 Å². The van der Waals surface area contributed by atoms with E-state index in [0.29, 0.717) is 38.4 Å². The number of morpholine rings is 1. The van der Waals surface area contributed by atoms with E-state index in [2.05, 4.69) is 10.3 Å². The minimum Gasteiger partial charge on any atom is -0.379 e. The fraction of sp³-hybridized carbons (Fsp3) is 0.368. The molecule has 28 heavy (non-hydrogen) atoms. The first-order valence-electron chi connectivity index (χ1n) is 8.96. The summed E-state index contributed by atoms with van der Waals surface area (Å²) in [5, 5.41) is 2.82. The first-order chi connectivity index (χ1) is 13.4. The highest BCUT2D eigenvalue weighted by Gasteiger charge is 2.26. The number of nitrogens with zero attached hydrogens (tertiary/aromatic N) is 3. The van der Waals surface area contributed by atoms with Crippen molar-refractivity contribution in [3.05, 3.63) is 53.7 Å². The monoisotopic (exact) mass is 404 g/mol. The highest BCUT2D eigenvalue weighted by atomic mass is 32.2. The lowest BCUT2D eigenvalue weighted by atomic mass is 10.2. The van der Waals surface area contributed by atoms with E-state index in [9.17, 15) is 13.2 Å². The Morgan fingerprint density at radius 3 is 2.39 bits per heavy atom. The largest absolute Gasteiger partial charge is 0.379 e. The molecule has 9 heteroatoms. The molecule has 0 aliphatic carbocycles. The molecule has 3 rings (SSSR count). The lowest BCUT2D eigenvalue weighted by Gasteiger charge is -2.26. The number of ether oxygens (including phenoxy) is 1. The second kappa shape index (κ2) is 8.68. The van der Waals surface area contributed by atoms with Gasteiger partial charge in [0.25, 0.3) is 5.91 Å². The maximum Gasteiger partial charge on any atom is 0.251 e. The van der Waals surface area contributed by atoms with Crippen molar-refractivity contribution in [1.82, 2.24) is 14.6 Å². The first kappa shape index (κ1) is 20.2. The van der Waals surface area contributed by atoms with Crippen LogP contribution >= 0.6 is 0 Å². The van der Waals surface area contributed by atoms with Crippen molar-refractivity contribution in [2.75, 3.05) is 45.3 Å². The number of hydrogen-bond acceptors (Lipinski definition) is 6. The molecule has 0 unspecified atom stereocenters. The number of nitrogens with one attached hydrogen (secondary N) is 1. The molecule has 0 saturated carbocycles. The molecule has 8 nitrogen and oxygen atoms in total. The van der Waals surface area contributed by atoms with Crippen LogP contribution in [0.4, 0.5) is 5.82 Å². The molecule has 1 aliphatic heterocycles. The summed E-state index contributed by atoms with van der Waals surface area (Å²) in [6.45, 7) is 1.80. The van der Waals surface area contributed by atoms with Crippen molar-refractivity contribution < 1.29 is 17.9 Å². The van der Waals surface area contributed by atoms with E-state index in [1.165, 1.54) is 28.6 Å². The molecule has 150 valence electrons. The Hall–Kier alpha value is -2.49. The van der Waals surface area contributed by atoms with Gasteiger partial charge >= 0.3 is 0 Å². The number of sulfonamides is 1. The van der Waals surface area contributed by atoms with Gasteiger partial charge in [0.1, 0.15) is 5.82 Å². The van der Waals surface area contributed by atoms with Crippen LogP contribution in [-0.4, -0.2) is 64.0 Å². The molecule has 1 aromatic heterocycles. The Kier molecular flexibility index (Phi) is 6.28. The summed E-state index contributed by atoms with van der Waals surface area (Å²) in [6.07, 6.45) is 1.72. The Morgan fingerprint density at radius 2 is 1.82 bits per heavy atom. The van der Waals surface area contributed by atoms with Crippen LogP contribution in [0, 0.1) is 0 Å². The van der Waals surface area contributed by atoms with Crippen molar-refractivity contribution in [3.63, 3.8) is 0 Å². The van der Waals surface area contributed by atoms with Crippen molar-refractivity contribution >= 4 is 21.7 Å². The fourth-order valence-corrected chi connectivity index (χ4v) is 4.19. The number of benzene rings is 1. The number of rotatable bonds is 6. The van der Waals surface area contributed by atoms with Crippen molar-refractivity contribution in [1.29, 1.82) is 0 Å². The van der Waals surface area contributed by atoms with E-state index in [1.54, 1.807) is 6.20 Å². The predicted octanol–water partition coefficient (Wildman–Crippen LogP) is 1.10. The summed E-state index contributed by atoms with van der Waals surface area (Å²) >= 11 is 0. The Labute approximate surface area is 165 Å². The van der Waals surface area contributed by atoms with E-state index in [0.717, 1.165) is 11.4 Å². The van der Waals surface area contributed by atoms with E-state index in [1.807, 2.05) is 31.1 Å². The van der Waals surface area contributed by atoms with Gasteiger partial charge < -0.3 is 15.0 Å². The minimum absolute atomic E-state index is 0.175. The molecule has 0 bridgehead atoms. The second-order valence-corrected chi connectivity index (χ2v) is 8.58. The molecule has 1 fully saturated rings. The SMILES string of the molecule is CN(C)c1ccc(CNC(=O)c2ccc(S(=O)(=O)N3CCOCC3)cc2)cn1. The molecule has 1 aliphatic rings. The second-order valence-electron chi connectivity index (χ2n) is 6.64. The quantitative estimate of drug-likeness (QED) is 0.775. The van der Waals surface area contributed by atoms with E-state index in [4.69, 9.17) is 4.74 Å². The standard InChI is InChI=1S/C19H24N4O4S/c1-22(2)18-8-3-15(13-20-18)14-21-19(24)16-4-6-17(7-5-16)28(25,26)23-9-11-27-12-10-23/h3-8,13H,9-12,14H2,1-2H3,(H,21,24). The van der Waals surface area contributed by atoms with Gasteiger partial charge in [-0.15, -0.1) is 0 Å². The van der Waals surface area contributed by atoms with Crippen molar-refractivity contribution in [2.24, 2.45) is 0 Å². The molecule has 1 aromatic carbocycles. The third-order valence-electron chi connectivity index (χ3n) is 4.44. The zero-order valence-electron chi connectivity index (χ0n) is 16.0. The average molecular weight is 404 g/mol. The van der Waals surface area contributed by atoms with Crippen LogP contribution in [0.25, 0.3) is 0 Å². The molecule has 1 N–H and O–H groups in total. The molecule has 2 heterocycles. The van der Waals surface area contributed by atoms with Crippen LogP contribution in [-0.2, 0) is 21.3 Å². The molecule has 2 aromatic rings. The average Bonchev–Trinajstić information content (AvgIpc) is 2.73. The number of anilines is 1. The van der Waals surface area contributed by atoms with Gasteiger partial charge in [0.15, 0.2) is 0 Å². The Bertz CT molecular complexity index is 906. The number of carbonyl (C=O) groups excluding carboxylic acids is 1. The van der Waals surface area contributed by atoms with Gasteiger partial charge in [-0.2, -0.15) is 4.31 Å². The smallest absolute Gasteiger partial charge is 0.251 e. The molecule has 0 spiro atoms. The molecule has 0 radical (unpaired) electrons. The summed E-state index contributed by atoms with van der Waals surface area (Å²) in [7, 11) is 0.257. The van der Waals surface area contributed by atoms with Crippen LogP contribution in [0.2, 0.25) is 0 Å². The lowest BCUT2D eigenvalue weighted by Crippen LogP contribution is -2.40. The predicted molar refractivity (Wildman–Crippen MR) is 106 cm³/mol. The summed E-state index contributed by atoms with van der Waals surface area (Å²) < 4.78 is 31.8. The third kappa shape index (κ3) is 4.67. The minimum atomic E-state index is -3.56. The highest BCUT2D eigenvalue weighted by Crippen LogP contribution is 2.18.